The number of H-pyrrole nitrogens is 2. The lowest BCUT2D eigenvalue weighted by atomic mass is 9.99. The SMILES string of the molecule is C[n+]1ccc(-c2c3nc(c(-c4ccccc4O[C@@H]4O[C@H](CO)[C@@H](O)[C@H](O)[C@H]4O)c4nc(c(-c5cc[n+](C)cc5)c5ccc([nH]5)c(-c5cc[n+](C)cc5)c5ccc2[nH]5)C=C4)C=C3)cc1.[I-].[I-].[I-]. The number of aliphatic hydroxyl groups is 4. The highest BCUT2D eigenvalue weighted by atomic mass is 127. The van der Waals surface area contributed by atoms with E-state index < -0.39 is 37.3 Å². The average Bonchev–Trinajstić information content (AvgIpc) is 4.15. The lowest BCUT2D eigenvalue weighted by Gasteiger charge is -2.39. The van der Waals surface area contributed by atoms with Crippen molar-refractivity contribution in [1.29, 1.82) is 0 Å². The highest BCUT2D eigenvalue weighted by Gasteiger charge is 2.45. The van der Waals surface area contributed by atoms with Crippen LogP contribution in [0.2, 0.25) is 0 Å². The lowest BCUT2D eigenvalue weighted by molar-refractivity contribution is -0.671. The van der Waals surface area contributed by atoms with Crippen LogP contribution in [0.25, 0.3) is 90.9 Å². The number of fused-ring (bicyclic) bond motifs is 8. The van der Waals surface area contributed by atoms with E-state index in [-0.39, 0.29) is 71.9 Å². The molecule has 10 rings (SSSR count). The minimum atomic E-state index is -1.61. The van der Waals surface area contributed by atoms with Gasteiger partial charge in [-0.3, -0.25) is 0 Å². The van der Waals surface area contributed by atoms with Gasteiger partial charge in [-0.15, -0.1) is 0 Å². The highest BCUT2D eigenvalue weighted by molar-refractivity contribution is 6.00. The first-order chi connectivity index (χ1) is 30.6. The molecule has 3 aliphatic rings. The Balaban J connectivity index is 0.00000216. The van der Waals surface area contributed by atoms with Crippen LogP contribution in [0.15, 0.2) is 122 Å². The number of rotatable bonds is 7. The van der Waals surface area contributed by atoms with E-state index in [0.717, 1.165) is 66.8 Å². The summed E-state index contributed by atoms with van der Waals surface area (Å²) in [6, 6.07) is 28.2. The molecule has 0 radical (unpaired) electrons. The number of aliphatic hydroxyl groups excluding tert-OH is 4. The fraction of sp³-hybridized carbons (Fsp3) is 0.180. The molecular weight excluding hydrogens is 1180 g/mol. The molecule has 6 N–H and O–H groups in total. The molecule has 8 bridgehead atoms. The van der Waals surface area contributed by atoms with Crippen molar-refractivity contribution in [3.8, 4) is 50.3 Å². The van der Waals surface area contributed by atoms with E-state index in [1.54, 1.807) is 12.1 Å². The third-order valence-electron chi connectivity index (χ3n) is 11.8. The van der Waals surface area contributed by atoms with Crippen LogP contribution in [0, 0.1) is 0 Å². The largest absolute Gasteiger partial charge is 1.00 e. The number of halogens is 3. The van der Waals surface area contributed by atoms with Gasteiger partial charge in [-0.2, -0.15) is 0 Å². The van der Waals surface area contributed by atoms with E-state index in [9.17, 15) is 20.4 Å². The molecule has 7 aromatic rings. The Morgan fingerprint density at radius 1 is 0.515 bits per heavy atom. The van der Waals surface area contributed by atoms with Crippen LogP contribution < -0.4 is 90.4 Å². The third kappa shape index (κ3) is 9.33. The van der Waals surface area contributed by atoms with Gasteiger partial charge in [0.1, 0.15) is 51.3 Å². The molecule has 16 heteroatoms. The molecule has 1 saturated heterocycles. The lowest BCUT2D eigenvalue weighted by Crippen LogP contribution is -3.00. The molecule has 0 amide bonds. The van der Waals surface area contributed by atoms with Crippen LogP contribution >= 0.6 is 0 Å². The summed E-state index contributed by atoms with van der Waals surface area (Å²) in [4.78, 5) is 18.3. The number of pyridine rings is 3. The Morgan fingerprint density at radius 3 is 1.35 bits per heavy atom. The summed E-state index contributed by atoms with van der Waals surface area (Å²) in [5, 5.41) is 42.1. The molecule has 0 saturated carbocycles. The number of hydrogen-bond donors (Lipinski definition) is 6. The van der Waals surface area contributed by atoms with Crippen LogP contribution in [-0.2, 0) is 25.9 Å². The molecule has 9 heterocycles. The predicted molar refractivity (Wildman–Crippen MR) is 239 cm³/mol. The topological polar surface area (TPSA) is 168 Å². The van der Waals surface area contributed by atoms with Gasteiger partial charge in [0.2, 0.25) is 6.29 Å². The summed E-state index contributed by atoms with van der Waals surface area (Å²) < 4.78 is 18.2. The monoisotopic (exact) mass is 1220 g/mol. The van der Waals surface area contributed by atoms with Crippen LogP contribution in [0.5, 0.6) is 5.75 Å². The van der Waals surface area contributed by atoms with Crippen molar-refractivity contribution >= 4 is 46.4 Å². The first-order valence-electron chi connectivity index (χ1n) is 20.7. The highest BCUT2D eigenvalue weighted by Crippen LogP contribution is 2.41. The van der Waals surface area contributed by atoms with Crippen molar-refractivity contribution in [2.45, 2.75) is 30.7 Å². The molecule has 13 nitrogen and oxygen atoms in total. The van der Waals surface area contributed by atoms with Crippen molar-refractivity contribution in [1.82, 2.24) is 19.9 Å². The van der Waals surface area contributed by atoms with Crippen LogP contribution in [0.3, 0.4) is 0 Å². The second-order valence-corrected chi connectivity index (χ2v) is 16.1. The van der Waals surface area contributed by atoms with Crippen molar-refractivity contribution < 1.29 is 116 Å². The summed E-state index contributed by atoms with van der Waals surface area (Å²) in [5.74, 6) is 0.306. The molecule has 0 spiro atoms. The standard InChI is InChI=1S/C50H45N7O6.3HI/c1-55-22-16-29(17-23-55)43-33-8-10-35(51-33)44(30-18-24-56(2)25-19-30)37-12-14-39(53-37)46(32-6-4-5-7-41(32)62-50-49(61)48(60)47(59)42(28-58)63-50)40-15-13-38(54-40)45(36-11-9-34(43)52-36)31-20-26-57(3)27-21-31;;;/h4-27,42,47-50,58-61H,28H2,1-3H3,(H,51,52,53,54);3*1H/q+2;;;/p-2/t42-,47-,48+,49-,50-;;;/m1.../s1. The number of para-hydroxylation sites is 1. The number of aromatic amines is 2. The van der Waals surface area contributed by atoms with Crippen molar-refractivity contribution in [2.24, 2.45) is 21.1 Å². The number of aromatic nitrogens is 7. The fourth-order valence-corrected chi connectivity index (χ4v) is 8.47. The van der Waals surface area contributed by atoms with Gasteiger partial charge in [0.05, 0.1) is 29.4 Å². The minimum absolute atomic E-state index is 0. The molecule has 338 valence electrons. The molecule has 1 aromatic carbocycles. The number of aryl methyl sites for hydroxylation is 3. The normalized spacial score (nSPS) is 18.5. The molecule has 5 atom stereocenters. The average molecular weight is 1220 g/mol. The van der Waals surface area contributed by atoms with Crippen LogP contribution in [-0.4, -0.2) is 77.7 Å². The zero-order chi connectivity index (χ0) is 43.4. The van der Waals surface area contributed by atoms with Crippen molar-refractivity contribution in [2.75, 3.05) is 6.61 Å². The summed E-state index contributed by atoms with van der Waals surface area (Å²) in [5.41, 5.74) is 13.2. The first kappa shape index (κ1) is 49.0. The van der Waals surface area contributed by atoms with E-state index in [1.165, 1.54) is 0 Å². The number of nitrogens with one attached hydrogen (secondary N) is 2. The first-order valence-corrected chi connectivity index (χ1v) is 20.7. The van der Waals surface area contributed by atoms with Gasteiger partial charge in [-0.25, -0.2) is 23.7 Å². The Kier molecular flexibility index (Phi) is 15.2. The van der Waals surface area contributed by atoms with E-state index >= 15 is 0 Å². The predicted octanol–water partition coefficient (Wildman–Crippen LogP) is -4.01. The summed E-state index contributed by atoms with van der Waals surface area (Å²) in [6.45, 7) is -0.587. The molecule has 3 aliphatic heterocycles. The van der Waals surface area contributed by atoms with Gasteiger partial charge in [-0.05, 0) is 71.3 Å². The van der Waals surface area contributed by atoms with Crippen molar-refractivity contribution in [3.05, 3.63) is 145 Å². The van der Waals surface area contributed by atoms with E-state index in [1.807, 2.05) is 108 Å². The van der Waals surface area contributed by atoms with Gasteiger partial charge in [0.25, 0.3) is 0 Å². The van der Waals surface area contributed by atoms with E-state index in [2.05, 4.69) is 70.6 Å². The maximum Gasteiger partial charge on any atom is 0.229 e. The van der Waals surface area contributed by atoms with Gasteiger partial charge in [0, 0.05) is 86.3 Å². The van der Waals surface area contributed by atoms with Crippen molar-refractivity contribution in [3.63, 3.8) is 0 Å². The second kappa shape index (κ2) is 20.5. The van der Waals surface area contributed by atoms with E-state index in [4.69, 9.17) is 19.4 Å². The summed E-state index contributed by atoms with van der Waals surface area (Å²) in [6.07, 6.45) is 12.8. The van der Waals surface area contributed by atoms with Gasteiger partial charge < -0.3 is 112 Å². The zero-order valence-corrected chi connectivity index (χ0v) is 42.4. The smallest absolute Gasteiger partial charge is 0.229 e. The molecule has 0 aliphatic carbocycles. The fourth-order valence-electron chi connectivity index (χ4n) is 8.47. The number of hydrogen-bond acceptors (Lipinski definition) is 8. The molecule has 66 heavy (non-hydrogen) atoms. The maximum atomic E-state index is 11.0. The second-order valence-electron chi connectivity index (χ2n) is 16.1. The van der Waals surface area contributed by atoms with Gasteiger partial charge >= 0.3 is 0 Å². The Bertz CT molecular complexity index is 2970. The third-order valence-corrected chi connectivity index (χ3v) is 11.8. The molecular formula is C50H46I3N7O6. The zero-order valence-electron chi connectivity index (χ0n) is 35.9. The van der Waals surface area contributed by atoms with Crippen LogP contribution in [0.1, 0.15) is 22.8 Å². The number of benzene rings is 1. The summed E-state index contributed by atoms with van der Waals surface area (Å²) >= 11 is 0. The number of ether oxygens (including phenoxy) is 2. The van der Waals surface area contributed by atoms with Gasteiger partial charge in [0.15, 0.2) is 37.2 Å². The van der Waals surface area contributed by atoms with Crippen LogP contribution in [0.4, 0.5) is 0 Å². The van der Waals surface area contributed by atoms with Gasteiger partial charge in [-0.1, -0.05) is 18.2 Å². The number of nitrogens with zero attached hydrogens (tertiary/aromatic N) is 5. The molecule has 0 unspecified atom stereocenters. The summed E-state index contributed by atoms with van der Waals surface area (Å²) in [7, 11) is 5.97. The Labute approximate surface area is 431 Å². The minimum Gasteiger partial charge on any atom is -1.00 e. The quantitative estimate of drug-likeness (QED) is 0.0695. The Hall–Kier alpha value is -4.94. The Morgan fingerprint density at radius 2 is 0.909 bits per heavy atom. The molecule has 6 aromatic heterocycles. The van der Waals surface area contributed by atoms with E-state index in [0.29, 0.717) is 28.3 Å². The molecule has 1 fully saturated rings. The maximum absolute atomic E-state index is 11.0.